The van der Waals surface area contributed by atoms with Gasteiger partial charge in [0.15, 0.2) is 0 Å². The van der Waals surface area contributed by atoms with E-state index in [4.69, 9.17) is 0 Å². The molecule has 2 unspecified atom stereocenters. The van der Waals surface area contributed by atoms with Crippen molar-refractivity contribution in [3.8, 4) is 0 Å². The first-order valence-corrected chi connectivity index (χ1v) is 8.21. The molecule has 0 aromatic heterocycles. The molecule has 0 bridgehead atoms. The zero-order chi connectivity index (χ0) is 16.2. The number of benzene rings is 1. The predicted octanol–water partition coefficient (Wildman–Crippen LogP) is 2.69. The largest absolute Gasteiger partial charge is 0.387 e. The molecule has 1 aromatic carbocycles. The van der Waals surface area contributed by atoms with Crippen LogP contribution in [0.2, 0.25) is 0 Å². The summed E-state index contributed by atoms with van der Waals surface area (Å²) in [6, 6.07) is 7.84. The molecule has 23 heavy (non-hydrogen) atoms. The maximum atomic E-state index is 12.8. The first-order chi connectivity index (χ1) is 10.5. The number of piperidine rings is 1. The minimum atomic E-state index is -0.635. The molecule has 0 spiro atoms. The van der Waals surface area contributed by atoms with Crippen LogP contribution < -0.4 is 5.32 Å². The maximum absolute atomic E-state index is 12.8. The topological polar surface area (TPSA) is 52.6 Å². The molecule has 1 aliphatic heterocycles. The summed E-state index contributed by atoms with van der Waals surface area (Å²) in [5.41, 5.74) is 1.69. The van der Waals surface area contributed by atoms with E-state index in [9.17, 15) is 9.90 Å². The smallest absolute Gasteiger partial charge is 0.229 e. The molecule has 0 saturated carbocycles. The summed E-state index contributed by atoms with van der Waals surface area (Å²) in [6.07, 6.45) is 1.31. The van der Waals surface area contributed by atoms with Gasteiger partial charge in [0.25, 0.3) is 0 Å². The lowest BCUT2D eigenvalue weighted by Crippen LogP contribution is -2.51. The number of rotatable bonds is 5. The fraction of sp³-hybridized carbons (Fsp3) is 0.611. The highest BCUT2D eigenvalue weighted by Crippen LogP contribution is 2.29. The first kappa shape index (κ1) is 19.9. The van der Waals surface area contributed by atoms with Crippen molar-refractivity contribution in [3.63, 3.8) is 0 Å². The number of hydrogen-bond acceptors (Lipinski definition) is 3. The Balaban J connectivity index is 0.00000264. The maximum Gasteiger partial charge on any atom is 0.229 e. The van der Waals surface area contributed by atoms with Gasteiger partial charge in [0.2, 0.25) is 5.91 Å². The summed E-state index contributed by atoms with van der Waals surface area (Å²) in [5, 5.41) is 13.8. The van der Waals surface area contributed by atoms with Crippen LogP contribution >= 0.6 is 12.4 Å². The number of nitrogens with zero attached hydrogens (tertiary/aromatic N) is 1. The van der Waals surface area contributed by atoms with Crippen molar-refractivity contribution in [1.82, 2.24) is 10.2 Å². The van der Waals surface area contributed by atoms with Crippen molar-refractivity contribution in [1.29, 1.82) is 0 Å². The predicted molar refractivity (Wildman–Crippen MR) is 95.9 cm³/mol. The van der Waals surface area contributed by atoms with E-state index in [-0.39, 0.29) is 23.7 Å². The Kier molecular flexibility index (Phi) is 7.52. The van der Waals surface area contributed by atoms with Crippen LogP contribution in [-0.4, -0.2) is 42.1 Å². The minimum absolute atomic E-state index is 0. The zero-order valence-corrected chi connectivity index (χ0v) is 15.2. The van der Waals surface area contributed by atoms with E-state index in [0.717, 1.165) is 31.5 Å². The molecule has 2 N–H and O–H groups in total. The highest BCUT2D eigenvalue weighted by Gasteiger charge is 2.37. The fourth-order valence-corrected chi connectivity index (χ4v) is 3.08. The molecule has 1 amide bonds. The molecule has 1 aromatic rings. The van der Waals surface area contributed by atoms with Gasteiger partial charge in [-0.1, -0.05) is 29.8 Å². The van der Waals surface area contributed by atoms with Crippen molar-refractivity contribution in [2.45, 2.75) is 39.7 Å². The lowest BCUT2D eigenvalue weighted by atomic mass is 9.81. The summed E-state index contributed by atoms with van der Waals surface area (Å²) in [5.74, 6) is 0.147. The number of aliphatic hydroxyl groups is 1. The molecule has 4 nitrogen and oxygen atoms in total. The second kappa shape index (κ2) is 8.67. The molecule has 1 fully saturated rings. The van der Waals surface area contributed by atoms with E-state index < -0.39 is 6.10 Å². The van der Waals surface area contributed by atoms with Gasteiger partial charge in [-0.15, -0.1) is 12.4 Å². The van der Waals surface area contributed by atoms with Crippen molar-refractivity contribution in [2.24, 2.45) is 5.41 Å². The van der Waals surface area contributed by atoms with Crippen LogP contribution in [0.25, 0.3) is 0 Å². The standard InChI is InChI=1S/C18H28N2O2.ClH/c1-4-20(17(22)18(3)10-5-11-19-13-18)12-16(21)15-8-6-14(2)7-9-15;/h6-9,16,19,21H,4-5,10-13H2,1-3H3;1H. The Bertz CT molecular complexity index is 498. The quantitative estimate of drug-likeness (QED) is 0.866. The van der Waals surface area contributed by atoms with Crippen molar-refractivity contribution in [2.75, 3.05) is 26.2 Å². The van der Waals surface area contributed by atoms with Crippen LogP contribution in [0.5, 0.6) is 0 Å². The second-order valence-electron chi connectivity index (χ2n) is 6.61. The second-order valence-corrected chi connectivity index (χ2v) is 6.61. The van der Waals surface area contributed by atoms with E-state index in [1.54, 1.807) is 4.90 Å². The normalized spacial score (nSPS) is 22.1. The summed E-state index contributed by atoms with van der Waals surface area (Å²) >= 11 is 0. The lowest BCUT2D eigenvalue weighted by Gasteiger charge is -2.37. The SMILES string of the molecule is CCN(CC(O)c1ccc(C)cc1)C(=O)C1(C)CCCNC1.Cl. The van der Waals surface area contributed by atoms with Gasteiger partial charge in [0.1, 0.15) is 0 Å². The van der Waals surface area contributed by atoms with Crippen LogP contribution in [0.15, 0.2) is 24.3 Å². The van der Waals surface area contributed by atoms with Gasteiger partial charge in [-0.05, 0) is 45.7 Å². The van der Waals surface area contributed by atoms with Gasteiger partial charge in [-0.2, -0.15) is 0 Å². The van der Waals surface area contributed by atoms with Crippen molar-refractivity contribution in [3.05, 3.63) is 35.4 Å². The fourth-order valence-electron chi connectivity index (χ4n) is 3.08. The van der Waals surface area contributed by atoms with Gasteiger partial charge in [-0.25, -0.2) is 0 Å². The molecule has 130 valence electrons. The van der Waals surface area contributed by atoms with Gasteiger partial charge >= 0.3 is 0 Å². The number of carbonyl (C=O) groups is 1. The number of hydrogen-bond donors (Lipinski definition) is 2. The summed E-state index contributed by atoms with van der Waals surface area (Å²) in [7, 11) is 0. The van der Waals surface area contributed by atoms with E-state index in [1.807, 2.05) is 45.0 Å². The third-order valence-electron chi connectivity index (χ3n) is 4.64. The molecule has 1 aliphatic rings. The molecule has 1 heterocycles. The number of likely N-dealkylation sites (N-methyl/N-ethyl adjacent to an activating group) is 1. The summed E-state index contributed by atoms with van der Waals surface area (Å²) in [4.78, 5) is 14.6. The number of amides is 1. The first-order valence-electron chi connectivity index (χ1n) is 8.21. The van der Waals surface area contributed by atoms with Gasteiger partial charge in [0, 0.05) is 13.1 Å². The highest BCUT2D eigenvalue weighted by molar-refractivity contribution is 5.85. The Morgan fingerprint density at radius 2 is 2.04 bits per heavy atom. The molecular weight excluding hydrogens is 312 g/mol. The van der Waals surface area contributed by atoms with Gasteiger partial charge < -0.3 is 15.3 Å². The Hall–Kier alpha value is -1.10. The van der Waals surface area contributed by atoms with E-state index in [2.05, 4.69) is 5.32 Å². The monoisotopic (exact) mass is 340 g/mol. The average molecular weight is 341 g/mol. The van der Waals surface area contributed by atoms with E-state index in [0.29, 0.717) is 13.1 Å². The van der Waals surface area contributed by atoms with E-state index in [1.165, 1.54) is 5.56 Å². The number of carbonyl (C=O) groups excluding carboxylic acids is 1. The van der Waals surface area contributed by atoms with Gasteiger partial charge in [-0.3, -0.25) is 4.79 Å². The van der Waals surface area contributed by atoms with Gasteiger partial charge in [0.05, 0.1) is 18.1 Å². The number of nitrogens with one attached hydrogen (secondary N) is 1. The molecule has 2 rings (SSSR count). The number of halogens is 1. The highest BCUT2D eigenvalue weighted by atomic mass is 35.5. The number of aryl methyl sites for hydroxylation is 1. The molecule has 2 atom stereocenters. The van der Waals surface area contributed by atoms with Crippen molar-refractivity contribution >= 4 is 18.3 Å². The Morgan fingerprint density at radius 1 is 1.39 bits per heavy atom. The van der Waals surface area contributed by atoms with Crippen LogP contribution in [-0.2, 0) is 4.79 Å². The Morgan fingerprint density at radius 3 is 2.57 bits per heavy atom. The third-order valence-corrected chi connectivity index (χ3v) is 4.64. The molecular formula is C18H29ClN2O2. The van der Waals surface area contributed by atoms with Crippen molar-refractivity contribution < 1.29 is 9.90 Å². The molecule has 0 aliphatic carbocycles. The molecule has 0 radical (unpaired) electrons. The van der Waals surface area contributed by atoms with Crippen LogP contribution in [0.3, 0.4) is 0 Å². The van der Waals surface area contributed by atoms with Crippen LogP contribution in [0.4, 0.5) is 0 Å². The minimum Gasteiger partial charge on any atom is -0.387 e. The number of aliphatic hydroxyl groups excluding tert-OH is 1. The molecule has 1 saturated heterocycles. The average Bonchev–Trinajstić information content (AvgIpc) is 2.53. The van der Waals surface area contributed by atoms with E-state index >= 15 is 0 Å². The third kappa shape index (κ3) is 4.93. The summed E-state index contributed by atoms with van der Waals surface area (Å²) < 4.78 is 0. The lowest BCUT2D eigenvalue weighted by molar-refractivity contribution is -0.143. The molecule has 5 heteroatoms. The Labute approximate surface area is 145 Å². The summed E-state index contributed by atoms with van der Waals surface area (Å²) in [6.45, 7) is 8.71. The van der Waals surface area contributed by atoms with Crippen LogP contribution in [0, 0.1) is 12.3 Å². The zero-order valence-electron chi connectivity index (χ0n) is 14.3. The van der Waals surface area contributed by atoms with Crippen LogP contribution in [0.1, 0.15) is 43.9 Å².